The summed E-state index contributed by atoms with van der Waals surface area (Å²) < 4.78 is 6.58. The lowest BCUT2D eigenvalue weighted by atomic mass is 10.2. The number of carbonyl (C=O) groups is 2. The van der Waals surface area contributed by atoms with Crippen molar-refractivity contribution in [3.05, 3.63) is 40.0 Å². The molecule has 24 heavy (non-hydrogen) atoms. The van der Waals surface area contributed by atoms with E-state index in [1.54, 1.807) is 44.0 Å². The van der Waals surface area contributed by atoms with E-state index in [-0.39, 0.29) is 12.2 Å². The summed E-state index contributed by atoms with van der Waals surface area (Å²) in [5.74, 6) is -0.894. The molecule has 1 amide bonds. The molecule has 2 heterocycles. The van der Waals surface area contributed by atoms with Gasteiger partial charge in [0.05, 0.1) is 18.4 Å². The van der Waals surface area contributed by atoms with E-state index in [9.17, 15) is 14.9 Å². The summed E-state index contributed by atoms with van der Waals surface area (Å²) in [6, 6.07) is 2.01. The Hall–Kier alpha value is -2.92. The maximum Gasteiger partial charge on any atom is 0.348 e. The monoisotopic (exact) mass is 344 g/mol. The predicted molar refractivity (Wildman–Crippen MR) is 90.6 cm³/mol. The molecule has 0 aliphatic carbocycles. The van der Waals surface area contributed by atoms with Crippen molar-refractivity contribution in [1.82, 2.24) is 9.78 Å². The number of nitrogens with one attached hydrogen (secondary N) is 1. The highest BCUT2D eigenvalue weighted by Gasteiger charge is 2.21. The number of aryl methyl sites for hydroxylation is 1. The molecule has 0 fully saturated rings. The molecule has 0 aromatic carbocycles. The second-order valence-electron chi connectivity index (χ2n) is 4.86. The molecule has 0 radical (unpaired) electrons. The summed E-state index contributed by atoms with van der Waals surface area (Å²) in [6.45, 7) is 3.61. The predicted octanol–water partition coefficient (Wildman–Crippen LogP) is 2.49. The van der Waals surface area contributed by atoms with E-state index in [2.05, 4.69) is 10.4 Å². The normalized spacial score (nSPS) is 10.6. The second-order valence-corrected chi connectivity index (χ2v) is 5.88. The van der Waals surface area contributed by atoms with Crippen LogP contribution in [0.1, 0.15) is 33.3 Å². The minimum Gasteiger partial charge on any atom is -0.462 e. The van der Waals surface area contributed by atoms with Crippen LogP contribution in [0.25, 0.3) is 6.08 Å². The Bertz CT molecular complexity index is 842. The molecule has 124 valence electrons. The number of rotatable bonds is 5. The molecule has 8 heteroatoms. The minimum atomic E-state index is -0.497. The zero-order chi connectivity index (χ0) is 17.7. The third-order valence-corrected chi connectivity index (χ3v) is 4.30. The molecule has 0 spiro atoms. The maximum absolute atomic E-state index is 12.0. The molecule has 0 aliphatic heterocycles. The van der Waals surface area contributed by atoms with Gasteiger partial charge in [-0.3, -0.25) is 9.48 Å². The van der Waals surface area contributed by atoms with Gasteiger partial charge in [0.2, 0.25) is 5.91 Å². The number of anilines is 1. The molecule has 2 aromatic rings. The topological polar surface area (TPSA) is 97.0 Å². The highest BCUT2D eigenvalue weighted by Crippen LogP contribution is 2.33. The minimum absolute atomic E-state index is 0.244. The largest absolute Gasteiger partial charge is 0.462 e. The second kappa shape index (κ2) is 7.57. The van der Waals surface area contributed by atoms with Gasteiger partial charge in [0.25, 0.3) is 0 Å². The number of carbonyl (C=O) groups excluding carboxylic acids is 2. The van der Waals surface area contributed by atoms with E-state index >= 15 is 0 Å². The average Bonchev–Trinajstić information content (AvgIpc) is 3.09. The fraction of sp³-hybridized carbons (Fsp3) is 0.250. The van der Waals surface area contributed by atoms with Gasteiger partial charge >= 0.3 is 5.97 Å². The first-order valence-corrected chi connectivity index (χ1v) is 7.96. The van der Waals surface area contributed by atoms with Gasteiger partial charge in [0, 0.05) is 24.9 Å². The number of nitriles is 1. The van der Waals surface area contributed by atoms with Gasteiger partial charge in [-0.1, -0.05) is 0 Å². The van der Waals surface area contributed by atoms with Crippen LogP contribution in [-0.4, -0.2) is 28.3 Å². The van der Waals surface area contributed by atoms with Crippen LogP contribution in [0, 0.1) is 18.3 Å². The van der Waals surface area contributed by atoms with Crippen LogP contribution in [0.2, 0.25) is 0 Å². The number of aromatic nitrogens is 2. The van der Waals surface area contributed by atoms with Crippen molar-refractivity contribution in [1.29, 1.82) is 5.26 Å². The van der Waals surface area contributed by atoms with Crippen molar-refractivity contribution in [3.8, 4) is 6.07 Å². The highest BCUT2D eigenvalue weighted by atomic mass is 32.1. The molecule has 2 aromatic heterocycles. The first kappa shape index (κ1) is 17.4. The van der Waals surface area contributed by atoms with E-state index in [1.807, 2.05) is 6.07 Å². The SMILES string of the molecule is CCOC(=O)c1sc(NC(=O)C=Cc2cnn(C)c2)c(C#N)c1C. The van der Waals surface area contributed by atoms with Crippen molar-refractivity contribution < 1.29 is 14.3 Å². The smallest absolute Gasteiger partial charge is 0.348 e. The standard InChI is InChI=1S/C16H16N4O3S/c1-4-23-16(22)14-10(2)12(7-17)15(24-14)19-13(21)6-5-11-8-18-20(3)9-11/h5-6,8-9H,4H2,1-3H3,(H,19,21). The van der Waals surface area contributed by atoms with Crippen LogP contribution < -0.4 is 5.32 Å². The summed E-state index contributed by atoms with van der Waals surface area (Å²) >= 11 is 1.03. The van der Waals surface area contributed by atoms with E-state index < -0.39 is 11.9 Å². The van der Waals surface area contributed by atoms with Gasteiger partial charge in [-0.15, -0.1) is 11.3 Å². The van der Waals surface area contributed by atoms with Crippen molar-refractivity contribution in [3.63, 3.8) is 0 Å². The molecule has 2 rings (SSSR count). The van der Waals surface area contributed by atoms with Crippen LogP contribution in [0.15, 0.2) is 18.5 Å². The van der Waals surface area contributed by atoms with Gasteiger partial charge < -0.3 is 10.1 Å². The number of hydrogen-bond donors (Lipinski definition) is 1. The van der Waals surface area contributed by atoms with Crippen molar-refractivity contribution >= 4 is 34.3 Å². The van der Waals surface area contributed by atoms with Gasteiger partial charge in [-0.25, -0.2) is 4.79 Å². The first-order valence-electron chi connectivity index (χ1n) is 7.14. The van der Waals surface area contributed by atoms with Crippen LogP contribution >= 0.6 is 11.3 Å². The number of thiophene rings is 1. The molecular weight excluding hydrogens is 328 g/mol. The van der Waals surface area contributed by atoms with Gasteiger partial charge in [0.1, 0.15) is 15.9 Å². The fourth-order valence-electron chi connectivity index (χ4n) is 1.98. The summed E-state index contributed by atoms with van der Waals surface area (Å²) in [5, 5.41) is 16.2. The van der Waals surface area contributed by atoms with Gasteiger partial charge in [-0.05, 0) is 25.5 Å². The van der Waals surface area contributed by atoms with E-state index in [1.165, 1.54) is 6.08 Å². The Morgan fingerprint density at radius 3 is 2.88 bits per heavy atom. The Labute approximate surface area is 143 Å². The van der Waals surface area contributed by atoms with E-state index in [4.69, 9.17) is 4.74 Å². The molecule has 0 unspecified atom stereocenters. The molecule has 0 saturated heterocycles. The maximum atomic E-state index is 12.0. The molecule has 1 N–H and O–H groups in total. The Morgan fingerprint density at radius 1 is 1.54 bits per heavy atom. The Morgan fingerprint density at radius 2 is 2.29 bits per heavy atom. The lowest BCUT2D eigenvalue weighted by Gasteiger charge is -1.98. The summed E-state index contributed by atoms with van der Waals surface area (Å²) in [5.41, 5.74) is 1.56. The summed E-state index contributed by atoms with van der Waals surface area (Å²) in [7, 11) is 1.78. The van der Waals surface area contributed by atoms with E-state index in [0.717, 1.165) is 16.9 Å². The zero-order valence-electron chi connectivity index (χ0n) is 13.5. The number of esters is 1. The molecular formula is C16H16N4O3S. The number of ether oxygens (including phenoxy) is 1. The third-order valence-electron chi connectivity index (χ3n) is 3.11. The number of nitrogens with zero attached hydrogens (tertiary/aromatic N) is 3. The van der Waals surface area contributed by atoms with Crippen LogP contribution in [0.4, 0.5) is 5.00 Å². The van der Waals surface area contributed by atoms with Gasteiger partial charge in [-0.2, -0.15) is 10.4 Å². The summed E-state index contributed by atoms with van der Waals surface area (Å²) in [4.78, 5) is 24.2. The highest BCUT2D eigenvalue weighted by molar-refractivity contribution is 7.18. The number of amides is 1. The average molecular weight is 344 g/mol. The fourth-order valence-corrected chi connectivity index (χ4v) is 3.03. The third kappa shape index (κ3) is 3.88. The molecule has 0 aliphatic rings. The summed E-state index contributed by atoms with van der Waals surface area (Å²) in [6.07, 6.45) is 6.34. The zero-order valence-corrected chi connectivity index (χ0v) is 14.3. The lowest BCUT2D eigenvalue weighted by molar-refractivity contribution is -0.111. The molecule has 0 saturated carbocycles. The molecule has 7 nitrogen and oxygen atoms in total. The first-order chi connectivity index (χ1) is 11.5. The number of hydrogen-bond acceptors (Lipinski definition) is 6. The van der Waals surface area contributed by atoms with Crippen molar-refractivity contribution in [2.24, 2.45) is 7.05 Å². The van der Waals surface area contributed by atoms with Gasteiger partial charge in [0.15, 0.2) is 0 Å². The Balaban J connectivity index is 2.18. The molecule has 0 atom stereocenters. The van der Waals surface area contributed by atoms with Crippen LogP contribution in [0.3, 0.4) is 0 Å². The van der Waals surface area contributed by atoms with Crippen LogP contribution in [-0.2, 0) is 16.6 Å². The van der Waals surface area contributed by atoms with Crippen molar-refractivity contribution in [2.45, 2.75) is 13.8 Å². The molecule has 0 bridgehead atoms. The lowest BCUT2D eigenvalue weighted by Crippen LogP contribution is -2.07. The quantitative estimate of drug-likeness (QED) is 0.664. The van der Waals surface area contributed by atoms with Crippen molar-refractivity contribution in [2.75, 3.05) is 11.9 Å². The Kier molecular flexibility index (Phi) is 5.50. The van der Waals surface area contributed by atoms with Crippen LogP contribution in [0.5, 0.6) is 0 Å². The van der Waals surface area contributed by atoms with E-state index in [0.29, 0.717) is 15.4 Å².